The maximum Gasteiger partial charge on any atom is 0.353 e. The van der Waals surface area contributed by atoms with Gasteiger partial charge in [0.15, 0.2) is 0 Å². The third-order valence-electron chi connectivity index (χ3n) is 6.98. The molecule has 176 valence electrons. The molecule has 0 unspecified atom stereocenters. The lowest BCUT2D eigenvalue weighted by Crippen LogP contribution is -2.66. The van der Waals surface area contributed by atoms with Gasteiger partial charge in [-0.15, -0.1) is 11.3 Å². The Labute approximate surface area is 197 Å². The summed E-state index contributed by atoms with van der Waals surface area (Å²) in [4.78, 5) is 42.7. The number of carbonyl (C=O) groups excluding carboxylic acids is 1. The van der Waals surface area contributed by atoms with Crippen LogP contribution in [0, 0.1) is 28.4 Å². The molecule has 0 spiro atoms. The SMILES string of the molecule is Cc1ncn2c(C3=C(C(=O)O)N4C(=O)[C@H]([C@@H](C)O)[C@@H]4[C@@]3(C)Cc3ccc([N+](=O)[O-])cc3)csc12. The van der Waals surface area contributed by atoms with Gasteiger partial charge in [0, 0.05) is 28.5 Å². The Kier molecular flexibility index (Phi) is 4.88. The number of imidazole rings is 1. The number of fused-ring (bicyclic) bond motifs is 2. The fourth-order valence-electron chi connectivity index (χ4n) is 5.51. The number of nitro groups is 1. The molecule has 3 aromatic rings. The van der Waals surface area contributed by atoms with Crippen molar-refractivity contribution in [2.24, 2.45) is 11.3 Å². The van der Waals surface area contributed by atoms with Gasteiger partial charge in [-0.2, -0.15) is 0 Å². The molecule has 4 atom stereocenters. The van der Waals surface area contributed by atoms with Crippen LogP contribution >= 0.6 is 11.3 Å². The average molecular weight is 483 g/mol. The molecule has 2 aromatic heterocycles. The summed E-state index contributed by atoms with van der Waals surface area (Å²) in [5.74, 6) is -2.40. The average Bonchev–Trinajstić information content (AvgIpc) is 3.39. The van der Waals surface area contributed by atoms with Crippen LogP contribution in [0.5, 0.6) is 0 Å². The van der Waals surface area contributed by atoms with Gasteiger partial charge in [-0.1, -0.05) is 19.1 Å². The molecule has 1 fully saturated rings. The number of thiazole rings is 1. The number of aliphatic hydroxyl groups is 1. The standard InChI is InChI=1S/C23H22N4O6S/c1-11-21-25(10-24-11)15(9-34-21)17-18(22(30)31)26-19(16(12(2)28)20(26)29)23(17,3)8-13-4-6-14(7-5-13)27(32)33/h4-7,9-10,12,16,19,28H,8H2,1-3H3,(H,30,31)/t12-,16-,19-,23+/m1/s1. The van der Waals surface area contributed by atoms with E-state index in [-0.39, 0.29) is 11.4 Å². The van der Waals surface area contributed by atoms with Crippen LogP contribution in [0.15, 0.2) is 41.7 Å². The van der Waals surface area contributed by atoms with Crippen LogP contribution in [0.25, 0.3) is 10.4 Å². The van der Waals surface area contributed by atoms with E-state index >= 15 is 0 Å². The molecule has 0 aliphatic carbocycles. The molecule has 1 aromatic carbocycles. The molecule has 2 aliphatic rings. The van der Waals surface area contributed by atoms with Crippen LogP contribution in [0.1, 0.15) is 30.8 Å². The smallest absolute Gasteiger partial charge is 0.353 e. The molecule has 10 nitrogen and oxygen atoms in total. The highest BCUT2D eigenvalue weighted by molar-refractivity contribution is 7.15. The first kappa shape index (κ1) is 22.2. The number of hydrogen-bond donors (Lipinski definition) is 2. The highest BCUT2D eigenvalue weighted by Gasteiger charge is 2.66. The van der Waals surface area contributed by atoms with Gasteiger partial charge in [0.25, 0.3) is 5.69 Å². The van der Waals surface area contributed by atoms with Gasteiger partial charge in [0.2, 0.25) is 5.91 Å². The van der Waals surface area contributed by atoms with Crippen LogP contribution in [0.2, 0.25) is 0 Å². The monoisotopic (exact) mass is 482 g/mol. The number of carboxylic acid groups (broad SMARTS) is 1. The number of hydrogen-bond acceptors (Lipinski definition) is 7. The summed E-state index contributed by atoms with van der Waals surface area (Å²) in [5, 5.41) is 33.6. The van der Waals surface area contributed by atoms with E-state index < -0.39 is 40.3 Å². The molecular formula is C23H22N4O6S. The molecule has 1 amide bonds. The number of aryl methyl sites for hydroxylation is 1. The summed E-state index contributed by atoms with van der Waals surface area (Å²) in [6.45, 7) is 5.30. The second-order valence-corrected chi connectivity index (χ2v) is 9.95. The van der Waals surface area contributed by atoms with E-state index in [2.05, 4.69) is 4.98 Å². The second kappa shape index (κ2) is 7.47. The van der Waals surface area contributed by atoms with Gasteiger partial charge in [-0.3, -0.25) is 19.3 Å². The molecule has 0 radical (unpaired) electrons. The van der Waals surface area contributed by atoms with E-state index in [0.29, 0.717) is 17.7 Å². The van der Waals surface area contributed by atoms with Crippen LogP contribution in [-0.2, 0) is 16.0 Å². The number of carbonyl (C=O) groups is 2. The zero-order chi connectivity index (χ0) is 24.5. The topological polar surface area (TPSA) is 138 Å². The van der Waals surface area contributed by atoms with E-state index in [1.165, 1.54) is 35.3 Å². The summed E-state index contributed by atoms with van der Waals surface area (Å²) < 4.78 is 1.83. The van der Waals surface area contributed by atoms with Crippen LogP contribution in [0.4, 0.5) is 5.69 Å². The van der Waals surface area contributed by atoms with Crippen molar-refractivity contribution < 1.29 is 24.7 Å². The fourth-order valence-corrected chi connectivity index (χ4v) is 6.45. The molecule has 0 bridgehead atoms. The number of amides is 1. The number of aliphatic hydroxyl groups excluding tert-OH is 1. The Bertz CT molecular complexity index is 1390. The second-order valence-electron chi connectivity index (χ2n) is 9.09. The summed E-state index contributed by atoms with van der Waals surface area (Å²) >= 11 is 1.44. The minimum absolute atomic E-state index is 0.0435. The number of aliphatic carboxylic acids is 1. The van der Waals surface area contributed by atoms with Gasteiger partial charge in [0.1, 0.15) is 16.9 Å². The predicted molar refractivity (Wildman–Crippen MR) is 123 cm³/mol. The number of benzene rings is 1. The van der Waals surface area contributed by atoms with Gasteiger partial charge in [0.05, 0.1) is 34.4 Å². The van der Waals surface area contributed by atoms with Gasteiger partial charge in [-0.05, 0) is 25.8 Å². The maximum atomic E-state index is 13.0. The molecule has 4 heterocycles. The summed E-state index contributed by atoms with van der Waals surface area (Å²) in [6.07, 6.45) is 0.996. The van der Waals surface area contributed by atoms with E-state index in [1.807, 2.05) is 23.6 Å². The number of carboxylic acids is 1. The van der Waals surface area contributed by atoms with Crippen molar-refractivity contribution in [2.45, 2.75) is 39.3 Å². The fraction of sp³-hybridized carbons (Fsp3) is 0.348. The van der Waals surface area contributed by atoms with Crippen molar-refractivity contribution in [2.75, 3.05) is 0 Å². The zero-order valence-corrected chi connectivity index (χ0v) is 19.4. The predicted octanol–water partition coefficient (Wildman–Crippen LogP) is 2.88. The Morgan fingerprint density at radius 2 is 2.03 bits per heavy atom. The highest BCUT2D eigenvalue weighted by Crippen LogP contribution is 2.59. The third kappa shape index (κ3) is 2.93. The number of β-lactam (4-membered cyclic amide) rings is 1. The van der Waals surface area contributed by atoms with Crippen LogP contribution in [0.3, 0.4) is 0 Å². The highest BCUT2D eigenvalue weighted by atomic mass is 32.1. The lowest BCUT2D eigenvalue weighted by Gasteiger charge is -2.51. The van der Waals surface area contributed by atoms with Gasteiger partial charge < -0.3 is 15.1 Å². The minimum atomic E-state index is -1.22. The molecule has 0 saturated carbocycles. The molecule has 2 N–H and O–H groups in total. The largest absolute Gasteiger partial charge is 0.477 e. The maximum absolute atomic E-state index is 13.0. The Hall–Kier alpha value is -3.57. The van der Waals surface area contributed by atoms with Crippen LogP contribution in [-0.4, -0.2) is 53.4 Å². The number of rotatable bonds is 6. The van der Waals surface area contributed by atoms with Crippen LogP contribution < -0.4 is 0 Å². The first-order valence-corrected chi connectivity index (χ1v) is 11.6. The van der Waals surface area contributed by atoms with Crippen molar-refractivity contribution in [3.63, 3.8) is 0 Å². The molecule has 34 heavy (non-hydrogen) atoms. The first-order valence-electron chi connectivity index (χ1n) is 10.7. The summed E-state index contributed by atoms with van der Waals surface area (Å²) in [6, 6.07) is 5.54. The Morgan fingerprint density at radius 1 is 1.35 bits per heavy atom. The molecule has 1 saturated heterocycles. The Balaban J connectivity index is 1.72. The third-order valence-corrected chi connectivity index (χ3v) is 8.03. The number of aromatic nitrogens is 2. The summed E-state index contributed by atoms with van der Waals surface area (Å²) in [5.41, 5.74) is 1.67. The Morgan fingerprint density at radius 3 is 2.62 bits per heavy atom. The van der Waals surface area contributed by atoms with Crippen molar-refractivity contribution in [3.8, 4) is 0 Å². The summed E-state index contributed by atoms with van der Waals surface area (Å²) in [7, 11) is 0. The number of nitro benzene ring substituents is 1. The van der Waals surface area contributed by atoms with Gasteiger partial charge >= 0.3 is 5.97 Å². The van der Waals surface area contributed by atoms with E-state index in [9.17, 15) is 29.9 Å². The number of non-ortho nitro benzene ring substituents is 1. The molecule has 5 rings (SSSR count). The van der Waals surface area contributed by atoms with Crippen molar-refractivity contribution >= 4 is 39.3 Å². The lowest BCUT2D eigenvalue weighted by atomic mass is 9.64. The minimum Gasteiger partial charge on any atom is -0.477 e. The van der Waals surface area contributed by atoms with Crippen molar-refractivity contribution in [1.29, 1.82) is 0 Å². The first-order chi connectivity index (χ1) is 16.1. The quantitative estimate of drug-likeness (QED) is 0.313. The molecular weight excluding hydrogens is 460 g/mol. The molecule has 2 aliphatic heterocycles. The van der Waals surface area contributed by atoms with Crippen molar-refractivity contribution in [1.82, 2.24) is 14.3 Å². The molecule has 11 heteroatoms. The zero-order valence-electron chi connectivity index (χ0n) is 18.6. The van der Waals surface area contributed by atoms with E-state index in [0.717, 1.165) is 16.1 Å². The van der Waals surface area contributed by atoms with Crippen molar-refractivity contribution in [3.05, 3.63) is 68.7 Å². The lowest BCUT2D eigenvalue weighted by molar-refractivity contribution is -0.384. The normalized spacial score (nSPS) is 24.9. The van der Waals surface area contributed by atoms with E-state index in [1.54, 1.807) is 18.5 Å². The number of nitrogens with zero attached hydrogens (tertiary/aromatic N) is 4. The van der Waals surface area contributed by atoms with Gasteiger partial charge in [-0.25, -0.2) is 9.78 Å². The van der Waals surface area contributed by atoms with E-state index in [4.69, 9.17) is 0 Å².